The van der Waals surface area contributed by atoms with Gasteiger partial charge in [-0.1, -0.05) is 0 Å². The zero-order chi connectivity index (χ0) is 13.8. The standard InChI is InChI=1S/C13H18F2N2O2/c1-9-2-3-11(17(9)13(14)15)12(18)16-6-4-10-5-7-19-8-10/h2-3,10,13H,4-8H2,1H3,(H,16,18). The van der Waals surface area contributed by atoms with Crippen LogP contribution in [0.5, 0.6) is 0 Å². The van der Waals surface area contributed by atoms with Gasteiger partial charge in [0.2, 0.25) is 0 Å². The molecular formula is C13H18F2N2O2. The largest absolute Gasteiger partial charge is 0.381 e. The molecule has 19 heavy (non-hydrogen) atoms. The summed E-state index contributed by atoms with van der Waals surface area (Å²) in [6.45, 7) is 0.840. The molecule has 1 aromatic heterocycles. The number of halogens is 2. The average molecular weight is 272 g/mol. The summed E-state index contributed by atoms with van der Waals surface area (Å²) in [7, 11) is 0. The van der Waals surface area contributed by atoms with Gasteiger partial charge in [0.1, 0.15) is 5.69 Å². The Kier molecular flexibility index (Phi) is 4.52. The number of aryl methyl sites for hydroxylation is 1. The smallest absolute Gasteiger partial charge is 0.319 e. The lowest BCUT2D eigenvalue weighted by molar-refractivity contribution is 0.0617. The lowest BCUT2D eigenvalue weighted by Crippen LogP contribution is -2.28. The van der Waals surface area contributed by atoms with E-state index in [1.54, 1.807) is 6.92 Å². The van der Waals surface area contributed by atoms with E-state index < -0.39 is 12.5 Å². The van der Waals surface area contributed by atoms with Gasteiger partial charge < -0.3 is 10.1 Å². The van der Waals surface area contributed by atoms with Crippen molar-refractivity contribution in [2.24, 2.45) is 5.92 Å². The summed E-state index contributed by atoms with van der Waals surface area (Å²) in [5, 5.41) is 2.69. The number of hydrogen-bond acceptors (Lipinski definition) is 2. The van der Waals surface area contributed by atoms with Crippen molar-refractivity contribution in [3.05, 3.63) is 23.5 Å². The fraction of sp³-hybridized carbons (Fsp3) is 0.615. The van der Waals surface area contributed by atoms with Gasteiger partial charge in [0.05, 0.1) is 0 Å². The molecule has 1 unspecified atom stereocenters. The van der Waals surface area contributed by atoms with Crippen molar-refractivity contribution in [3.63, 3.8) is 0 Å². The second kappa shape index (κ2) is 6.14. The summed E-state index contributed by atoms with van der Waals surface area (Å²) in [5.41, 5.74) is 0.388. The van der Waals surface area contributed by atoms with E-state index in [1.165, 1.54) is 12.1 Å². The lowest BCUT2D eigenvalue weighted by atomic mass is 10.1. The molecule has 0 bridgehead atoms. The molecule has 1 aliphatic rings. The molecule has 0 spiro atoms. The van der Waals surface area contributed by atoms with E-state index in [2.05, 4.69) is 5.32 Å². The summed E-state index contributed by atoms with van der Waals surface area (Å²) in [4.78, 5) is 11.9. The summed E-state index contributed by atoms with van der Waals surface area (Å²) in [5.74, 6) is 0.0104. The average Bonchev–Trinajstić information content (AvgIpc) is 2.97. The number of carbonyl (C=O) groups excluding carboxylic acids is 1. The Hall–Kier alpha value is -1.43. The Morgan fingerprint density at radius 3 is 3.00 bits per heavy atom. The zero-order valence-corrected chi connectivity index (χ0v) is 10.9. The Bertz CT molecular complexity index is 440. The molecule has 1 amide bonds. The predicted molar refractivity (Wildman–Crippen MR) is 66.3 cm³/mol. The van der Waals surface area contributed by atoms with Crippen LogP contribution in [0.3, 0.4) is 0 Å². The Balaban J connectivity index is 1.89. The number of alkyl halides is 2. The topological polar surface area (TPSA) is 43.3 Å². The molecule has 0 aromatic carbocycles. The molecule has 1 aromatic rings. The number of carbonyl (C=O) groups is 1. The van der Waals surface area contributed by atoms with Crippen LogP contribution < -0.4 is 5.32 Å². The minimum absolute atomic E-state index is 0.00942. The number of nitrogens with one attached hydrogen (secondary N) is 1. The molecule has 1 aliphatic heterocycles. The number of rotatable bonds is 5. The molecule has 106 valence electrons. The van der Waals surface area contributed by atoms with Crippen LogP contribution in [0, 0.1) is 12.8 Å². The van der Waals surface area contributed by atoms with Crippen LogP contribution in [0.15, 0.2) is 12.1 Å². The summed E-state index contributed by atoms with van der Waals surface area (Å²) >= 11 is 0. The predicted octanol–water partition coefficient (Wildman–Crippen LogP) is 2.35. The van der Waals surface area contributed by atoms with Crippen LogP contribution >= 0.6 is 0 Å². The number of nitrogens with zero attached hydrogens (tertiary/aromatic N) is 1. The molecule has 0 radical (unpaired) electrons. The van der Waals surface area contributed by atoms with Gasteiger partial charge in [-0.25, -0.2) is 0 Å². The minimum Gasteiger partial charge on any atom is -0.381 e. The first-order chi connectivity index (χ1) is 9.09. The van der Waals surface area contributed by atoms with Crippen molar-refractivity contribution >= 4 is 5.91 Å². The second-order valence-corrected chi connectivity index (χ2v) is 4.78. The quantitative estimate of drug-likeness (QED) is 0.894. The van der Waals surface area contributed by atoms with Gasteiger partial charge in [0.15, 0.2) is 0 Å². The summed E-state index contributed by atoms with van der Waals surface area (Å²) < 4.78 is 31.6. The van der Waals surface area contributed by atoms with Crippen LogP contribution in [0.2, 0.25) is 0 Å². The van der Waals surface area contributed by atoms with Gasteiger partial charge in [-0.05, 0) is 37.8 Å². The van der Waals surface area contributed by atoms with Crippen LogP contribution in [0.1, 0.15) is 35.6 Å². The number of hydrogen-bond donors (Lipinski definition) is 1. The van der Waals surface area contributed by atoms with Crippen molar-refractivity contribution < 1.29 is 18.3 Å². The monoisotopic (exact) mass is 272 g/mol. The maximum atomic E-state index is 12.8. The van der Waals surface area contributed by atoms with E-state index >= 15 is 0 Å². The first-order valence-electron chi connectivity index (χ1n) is 6.41. The van der Waals surface area contributed by atoms with Crippen LogP contribution in [-0.2, 0) is 4.74 Å². The molecule has 1 fully saturated rings. The maximum absolute atomic E-state index is 12.8. The number of amides is 1. The summed E-state index contributed by atoms with van der Waals surface area (Å²) in [6.07, 6.45) is 1.82. The summed E-state index contributed by atoms with van der Waals surface area (Å²) in [6, 6.07) is 2.95. The molecule has 2 rings (SSSR count). The first-order valence-corrected chi connectivity index (χ1v) is 6.41. The van der Waals surface area contributed by atoms with E-state index in [0.29, 0.717) is 18.2 Å². The van der Waals surface area contributed by atoms with E-state index in [-0.39, 0.29) is 5.69 Å². The van der Waals surface area contributed by atoms with Gasteiger partial charge in [-0.2, -0.15) is 8.78 Å². The third kappa shape index (κ3) is 3.32. The highest BCUT2D eigenvalue weighted by molar-refractivity contribution is 5.92. The Morgan fingerprint density at radius 1 is 1.58 bits per heavy atom. The third-order valence-corrected chi connectivity index (χ3v) is 3.41. The van der Waals surface area contributed by atoms with Crippen molar-refractivity contribution in [2.45, 2.75) is 26.3 Å². The number of ether oxygens (including phenoxy) is 1. The van der Waals surface area contributed by atoms with Gasteiger partial charge in [-0.15, -0.1) is 0 Å². The van der Waals surface area contributed by atoms with Gasteiger partial charge in [0, 0.05) is 25.5 Å². The molecule has 2 heterocycles. The van der Waals surface area contributed by atoms with Crippen molar-refractivity contribution in [2.75, 3.05) is 19.8 Å². The molecule has 4 nitrogen and oxygen atoms in total. The van der Waals surface area contributed by atoms with Crippen LogP contribution in [0.4, 0.5) is 8.78 Å². The molecule has 0 aliphatic carbocycles. The van der Waals surface area contributed by atoms with Crippen molar-refractivity contribution in [3.8, 4) is 0 Å². The minimum atomic E-state index is -2.70. The highest BCUT2D eigenvalue weighted by Gasteiger charge is 2.20. The molecular weight excluding hydrogens is 254 g/mol. The molecule has 0 saturated carbocycles. The van der Waals surface area contributed by atoms with E-state index in [1.807, 2.05) is 0 Å². The Morgan fingerprint density at radius 2 is 2.37 bits per heavy atom. The number of aromatic nitrogens is 1. The van der Waals surface area contributed by atoms with Crippen LogP contribution in [0.25, 0.3) is 0 Å². The van der Waals surface area contributed by atoms with E-state index in [0.717, 1.165) is 30.6 Å². The fourth-order valence-corrected chi connectivity index (χ4v) is 2.29. The SMILES string of the molecule is Cc1ccc(C(=O)NCCC2CCOC2)n1C(F)F. The molecule has 1 saturated heterocycles. The fourth-order valence-electron chi connectivity index (χ4n) is 2.29. The third-order valence-electron chi connectivity index (χ3n) is 3.41. The highest BCUT2D eigenvalue weighted by atomic mass is 19.3. The second-order valence-electron chi connectivity index (χ2n) is 4.78. The maximum Gasteiger partial charge on any atom is 0.319 e. The van der Waals surface area contributed by atoms with Gasteiger partial charge >= 0.3 is 6.55 Å². The van der Waals surface area contributed by atoms with Crippen LogP contribution in [-0.4, -0.2) is 30.2 Å². The lowest BCUT2D eigenvalue weighted by Gasteiger charge is -2.12. The molecule has 6 heteroatoms. The normalized spacial score (nSPS) is 19.1. The van der Waals surface area contributed by atoms with Gasteiger partial charge in [0.25, 0.3) is 5.91 Å². The van der Waals surface area contributed by atoms with Crippen molar-refractivity contribution in [1.82, 2.24) is 9.88 Å². The van der Waals surface area contributed by atoms with Crippen molar-refractivity contribution in [1.29, 1.82) is 0 Å². The molecule has 1 N–H and O–H groups in total. The first kappa shape index (κ1) is 14.0. The van der Waals surface area contributed by atoms with E-state index in [9.17, 15) is 13.6 Å². The Labute approximate surface area is 110 Å². The zero-order valence-electron chi connectivity index (χ0n) is 10.9. The molecule has 1 atom stereocenters. The highest BCUT2D eigenvalue weighted by Crippen LogP contribution is 2.19. The van der Waals surface area contributed by atoms with E-state index in [4.69, 9.17) is 4.74 Å². The van der Waals surface area contributed by atoms with Gasteiger partial charge in [-0.3, -0.25) is 9.36 Å².